The van der Waals surface area contributed by atoms with Crippen LogP contribution in [-0.2, 0) is 4.79 Å². The van der Waals surface area contributed by atoms with Gasteiger partial charge in [0.15, 0.2) is 5.11 Å². The molecule has 0 aliphatic carbocycles. The highest BCUT2D eigenvalue weighted by Gasteiger charge is 2.24. The van der Waals surface area contributed by atoms with Crippen LogP contribution in [-0.4, -0.2) is 34.9 Å². The van der Waals surface area contributed by atoms with Gasteiger partial charge in [-0.15, -0.1) is 0 Å². The van der Waals surface area contributed by atoms with Gasteiger partial charge in [0, 0.05) is 18.5 Å². The zero-order chi connectivity index (χ0) is 17.0. The summed E-state index contributed by atoms with van der Waals surface area (Å²) in [4.78, 5) is 26.4. The number of anilines is 1. The van der Waals surface area contributed by atoms with Crippen molar-refractivity contribution in [3.63, 3.8) is 0 Å². The second-order valence-electron chi connectivity index (χ2n) is 6.70. The lowest BCUT2D eigenvalue weighted by atomic mass is 9.96. The first kappa shape index (κ1) is 17.4. The Hall–Kier alpha value is -1.95. The number of thiocarbonyl (C=S) groups is 1. The van der Waals surface area contributed by atoms with Crippen LogP contribution in [0.2, 0.25) is 0 Å². The number of rotatable bonds is 2. The van der Waals surface area contributed by atoms with Crippen molar-refractivity contribution in [2.24, 2.45) is 5.41 Å². The minimum absolute atomic E-state index is 0.00412. The molecule has 1 fully saturated rings. The maximum atomic E-state index is 12.6. The quantitative estimate of drug-likeness (QED) is 0.817. The molecule has 1 aliphatic heterocycles. The van der Waals surface area contributed by atoms with E-state index in [-0.39, 0.29) is 16.9 Å². The van der Waals surface area contributed by atoms with E-state index in [1.807, 2.05) is 37.8 Å². The minimum Gasteiger partial charge on any atom is -0.339 e. The molecule has 6 heteroatoms. The Morgan fingerprint density at radius 1 is 1.13 bits per heavy atom. The van der Waals surface area contributed by atoms with Gasteiger partial charge in [-0.1, -0.05) is 32.9 Å². The molecule has 2 amide bonds. The third kappa shape index (κ3) is 4.51. The number of hydrogen-bond donors (Lipinski definition) is 2. The van der Waals surface area contributed by atoms with Crippen LogP contribution in [0, 0.1) is 5.41 Å². The van der Waals surface area contributed by atoms with E-state index in [2.05, 4.69) is 10.6 Å². The molecule has 0 spiro atoms. The van der Waals surface area contributed by atoms with Crippen molar-refractivity contribution in [2.75, 3.05) is 18.4 Å². The topological polar surface area (TPSA) is 61.4 Å². The summed E-state index contributed by atoms with van der Waals surface area (Å²) in [5, 5.41) is 5.83. The van der Waals surface area contributed by atoms with E-state index in [1.54, 1.807) is 12.1 Å². The lowest BCUT2D eigenvalue weighted by Crippen LogP contribution is -2.41. The third-order valence-electron chi connectivity index (χ3n) is 3.71. The molecule has 2 N–H and O–H groups in total. The van der Waals surface area contributed by atoms with Gasteiger partial charge in [0.2, 0.25) is 5.91 Å². The van der Waals surface area contributed by atoms with Crippen molar-refractivity contribution < 1.29 is 9.59 Å². The summed E-state index contributed by atoms with van der Waals surface area (Å²) in [5.74, 6) is -0.172. The summed E-state index contributed by atoms with van der Waals surface area (Å²) in [6, 6.07) is 7.22. The molecule has 0 saturated carbocycles. The monoisotopic (exact) mass is 333 g/mol. The fourth-order valence-electron chi connectivity index (χ4n) is 2.31. The molecule has 1 aliphatic rings. The summed E-state index contributed by atoms with van der Waals surface area (Å²) in [6.07, 6.45) is 2.09. The average molecular weight is 333 g/mol. The standard InChI is InChI=1S/C17H23N3O2S/c1-17(2,3)15(22)19-16(23)18-13-9-5-4-8-12(13)14(21)20-10-6-7-11-20/h4-5,8-9H,6-7,10-11H2,1-3H3,(H2,18,19,22,23). The van der Waals surface area contributed by atoms with E-state index in [9.17, 15) is 9.59 Å². The Morgan fingerprint density at radius 3 is 2.35 bits per heavy atom. The number of nitrogens with one attached hydrogen (secondary N) is 2. The summed E-state index contributed by atoms with van der Waals surface area (Å²) < 4.78 is 0. The first-order valence-corrected chi connectivity index (χ1v) is 8.20. The number of likely N-dealkylation sites (tertiary alicyclic amines) is 1. The summed E-state index contributed by atoms with van der Waals surface area (Å²) in [7, 11) is 0. The molecule has 23 heavy (non-hydrogen) atoms. The van der Waals surface area contributed by atoms with Gasteiger partial charge in [0.05, 0.1) is 11.3 Å². The lowest BCUT2D eigenvalue weighted by molar-refractivity contribution is -0.126. The molecule has 1 heterocycles. The molecule has 0 aromatic heterocycles. The average Bonchev–Trinajstić information content (AvgIpc) is 3.00. The van der Waals surface area contributed by atoms with Crippen molar-refractivity contribution in [1.29, 1.82) is 0 Å². The van der Waals surface area contributed by atoms with Gasteiger partial charge in [-0.25, -0.2) is 0 Å². The molecule has 0 bridgehead atoms. The highest BCUT2D eigenvalue weighted by molar-refractivity contribution is 7.80. The van der Waals surface area contributed by atoms with Gasteiger partial charge in [-0.05, 0) is 37.2 Å². The van der Waals surface area contributed by atoms with E-state index < -0.39 is 5.41 Å². The number of nitrogens with zero attached hydrogens (tertiary/aromatic N) is 1. The molecule has 2 rings (SSSR count). The molecule has 5 nitrogen and oxygen atoms in total. The maximum absolute atomic E-state index is 12.6. The molecule has 1 aromatic rings. The molecule has 0 unspecified atom stereocenters. The number of hydrogen-bond acceptors (Lipinski definition) is 3. The van der Waals surface area contributed by atoms with Crippen LogP contribution in [0.3, 0.4) is 0 Å². The number of para-hydroxylation sites is 1. The van der Waals surface area contributed by atoms with Gasteiger partial charge >= 0.3 is 0 Å². The predicted octanol–water partition coefficient (Wildman–Crippen LogP) is 2.78. The van der Waals surface area contributed by atoms with Crippen LogP contribution in [0.5, 0.6) is 0 Å². The molecular formula is C17H23N3O2S. The SMILES string of the molecule is CC(C)(C)C(=O)NC(=S)Nc1ccccc1C(=O)N1CCCC1. The minimum atomic E-state index is -0.531. The summed E-state index contributed by atoms with van der Waals surface area (Å²) in [5.41, 5.74) is 0.654. The Bertz CT molecular complexity index is 617. The highest BCUT2D eigenvalue weighted by atomic mass is 32.1. The zero-order valence-corrected chi connectivity index (χ0v) is 14.6. The van der Waals surface area contributed by atoms with E-state index in [1.165, 1.54) is 0 Å². The number of amides is 2. The Labute approximate surface area is 142 Å². The first-order valence-electron chi connectivity index (χ1n) is 7.80. The van der Waals surface area contributed by atoms with Crippen LogP contribution in [0.25, 0.3) is 0 Å². The van der Waals surface area contributed by atoms with E-state index in [4.69, 9.17) is 12.2 Å². The Kier molecular flexibility index (Phi) is 5.36. The van der Waals surface area contributed by atoms with Crippen LogP contribution in [0.1, 0.15) is 44.0 Å². The van der Waals surface area contributed by atoms with Crippen LogP contribution in [0.15, 0.2) is 24.3 Å². The van der Waals surface area contributed by atoms with Crippen molar-refractivity contribution >= 4 is 34.8 Å². The number of carbonyl (C=O) groups is 2. The van der Waals surface area contributed by atoms with Gasteiger partial charge in [0.1, 0.15) is 0 Å². The van der Waals surface area contributed by atoms with E-state index >= 15 is 0 Å². The van der Waals surface area contributed by atoms with Crippen LogP contribution in [0.4, 0.5) is 5.69 Å². The lowest BCUT2D eigenvalue weighted by Gasteiger charge is -2.20. The number of carbonyl (C=O) groups excluding carboxylic acids is 2. The predicted molar refractivity (Wildman–Crippen MR) is 95.4 cm³/mol. The first-order chi connectivity index (χ1) is 10.8. The fraction of sp³-hybridized carbons (Fsp3) is 0.471. The van der Waals surface area contributed by atoms with Crippen molar-refractivity contribution in [1.82, 2.24) is 10.2 Å². The van der Waals surface area contributed by atoms with Gasteiger partial charge in [0.25, 0.3) is 5.91 Å². The third-order valence-corrected chi connectivity index (χ3v) is 3.91. The van der Waals surface area contributed by atoms with Crippen molar-refractivity contribution in [2.45, 2.75) is 33.6 Å². The number of benzene rings is 1. The van der Waals surface area contributed by atoms with Gasteiger partial charge in [-0.2, -0.15) is 0 Å². The Balaban J connectivity index is 2.10. The molecule has 0 radical (unpaired) electrons. The fourth-order valence-corrected chi connectivity index (χ4v) is 2.52. The summed E-state index contributed by atoms with van der Waals surface area (Å²) >= 11 is 5.19. The van der Waals surface area contributed by atoms with E-state index in [0.29, 0.717) is 11.3 Å². The van der Waals surface area contributed by atoms with E-state index in [0.717, 1.165) is 25.9 Å². The van der Waals surface area contributed by atoms with Crippen LogP contribution < -0.4 is 10.6 Å². The smallest absolute Gasteiger partial charge is 0.255 e. The molecule has 124 valence electrons. The normalized spacial score (nSPS) is 14.5. The second-order valence-corrected chi connectivity index (χ2v) is 7.11. The summed E-state index contributed by atoms with van der Waals surface area (Å²) in [6.45, 7) is 7.03. The van der Waals surface area contributed by atoms with Crippen molar-refractivity contribution in [3.05, 3.63) is 29.8 Å². The Morgan fingerprint density at radius 2 is 1.74 bits per heavy atom. The largest absolute Gasteiger partial charge is 0.339 e. The zero-order valence-electron chi connectivity index (χ0n) is 13.8. The second kappa shape index (κ2) is 7.08. The van der Waals surface area contributed by atoms with Crippen molar-refractivity contribution in [3.8, 4) is 0 Å². The van der Waals surface area contributed by atoms with Gasteiger partial charge < -0.3 is 15.5 Å². The van der Waals surface area contributed by atoms with Gasteiger partial charge in [-0.3, -0.25) is 9.59 Å². The molecule has 1 aromatic carbocycles. The van der Waals surface area contributed by atoms with Crippen LogP contribution >= 0.6 is 12.2 Å². The molecular weight excluding hydrogens is 310 g/mol. The molecule has 1 saturated heterocycles. The highest BCUT2D eigenvalue weighted by Crippen LogP contribution is 2.20. The maximum Gasteiger partial charge on any atom is 0.255 e. The molecule has 0 atom stereocenters.